The molecule has 0 fully saturated rings. The van der Waals surface area contributed by atoms with Crippen LogP contribution in [-0.2, 0) is 13.1 Å². The summed E-state index contributed by atoms with van der Waals surface area (Å²) in [7, 11) is 0. The molecule has 0 aliphatic heterocycles. The predicted molar refractivity (Wildman–Crippen MR) is 86.1 cm³/mol. The number of benzene rings is 1. The second-order valence-electron chi connectivity index (χ2n) is 4.86. The lowest BCUT2D eigenvalue weighted by atomic mass is 10.1. The molecule has 3 rings (SSSR count). The third-order valence-electron chi connectivity index (χ3n) is 3.27. The molecule has 108 valence electrons. The molecule has 0 bridgehead atoms. The second kappa shape index (κ2) is 7.15. The van der Waals surface area contributed by atoms with Crippen molar-refractivity contribution >= 4 is 11.3 Å². The Labute approximate surface area is 128 Å². The van der Waals surface area contributed by atoms with Gasteiger partial charge in [-0.3, -0.25) is 4.68 Å². The van der Waals surface area contributed by atoms with E-state index < -0.39 is 0 Å². The number of nitrogens with zero attached hydrogens (tertiary/aromatic N) is 3. The number of thiophene rings is 1. The van der Waals surface area contributed by atoms with Gasteiger partial charge in [0.1, 0.15) is 0 Å². The van der Waals surface area contributed by atoms with Gasteiger partial charge >= 0.3 is 0 Å². The largest absolute Gasteiger partial charge is 0.312 e. The maximum absolute atomic E-state index is 3.95. The lowest BCUT2D eigenvalue weighted by Gasteiger charge is -2.03. The topological polar surface area (TPSA) is 42.7 Å². The van der Waals surface area contributed by atoms with E-state index >= 15 is 0 Å². The molecular weight excluding hydrogens is 280 g/mol. The Morgan fingerprint density at radius 3 is 2.86 bits per heavy atom. The van der Waals surface area contributed by atoms with E-state index in [1.54, 1.807) is 6.20 Å². The van der Waals surface area contributed by atoms with Crippen molar-refractivity contribution in [3.05, 3.63) is 59.0 Å². The SMILES string of the molecule is c1ccc(-c2csc(CNCCCn3ccnn3)c2)cc1. The van der Waals surface area contributed by atoms with Crippen LogP contribution in [0, 0.1) is 0 Å². The van der Waals surface area contributed by atoms with Gasteiger partial charge in [0.05, 0.1) is 6.20 Å². The number of nitrogens with one attached hydrogen (secondary N) is 1. The molecule has 0 saturated heterocycles. The highest BCUT2D eigenvalue weighted by molar-refractivity contribution is 7.10. The lowest BCUT2D eigenvalue weighted by Crippen LogP contribution is -2.16. The van der Waals surface area contributed by atoms with Crippen molar-refractivity contribution in [1.82, 2.24) is 20.3 Å². The molecule has 0 radical (unpaired) electrons. The molecule has 0 atom stereocenters. The fourth-order valence-electron chi connectivity index (χ4n) is 2.18. The summed E-state index contributed by atoms with van der Waals surface area (Å²) in [5.41, 5.74) is 2.59. The highest BCUT2D eigenvalue weighted by Crippen LogP contribution is 2.25. The quantitative estimate of drug-likeness (QED) is 0.681. The lowest BCUT2D eigenvalue weighted by molar-refractivity contribution is 0.531. The fraction of sp³-hybridized carbons (Fsp3) is 0.250. The van der Waals surface area contributed by atoms with Crippen molar-refractivity contribution in [1.29, 1.82) is 0 Å². The van der Waals surface area contributed by atoms with E-state index in [2.05, 4.69) is 51.3 Å². The zero-order valence-corrected chi connectivity index (χ0v) is 12.6. The zero-order valence-electron chi connectivity index (χ0n) is 11.8. The highest BCUT2D eigenvalue weighted by atomic mass is 32.1. The molecule has 4 nitrogen and oxygen atoms in total. The minimum Gasteiger partial charge on any atom is -0.312 e. The van der Waals surface area contributed by atoms with E-state index in [1.165, 1.54) is 16.0 Å². The first-order valence-electron chi connectivity index (χ1n) is 7.09. The maximum atomic E-state index is 3.95. The molecule has 0 unspecified atom stereocenters. The Balaban J connectivity index is 1.43. The third kappa shape index (κ3) is 4.00. The summed E-state index contributed by atoms with van der Waals surface area (Å²) >= 11 is 1.81. The molecule has 21 heavy (non-hydrogen) atoms. The normalized spacial score (nSPS) is 10.9. The Morgan fingerprint density at radius 2 is 2.05 bits per heavy atom. The van der Waals surface area contributed by atoms with Gasteiger partial charge in [-0.2, -0.15) is 0 Å². The summed E-state index contributed by atoms with van der Waals surface area (Å²) < 4.78 is 1.86. The average Bonchev–Trinajstić information content (AvgIpc) is 3.19. The molecular formula is C16H18N4S. The van der Waals surface area contributed by atoms with Gasteiger partial charge in [-0.05, 0) is 35.5 Å². The summed E-state index contributed by atoms with van der Waals surface area (Å²) in [5, 5.41) is 13.4. The molecule has 3 aromatic rings. The number of rotatable bonds is 7. The Kier molecular flexibility index (Phi) is 4.76. The first kappa shape index (κ1) is 14.0. The minimum atomic E-state index is 0.909. The van der Waals surface area contributed by atoms with E-state index in [-0.39, 0.29) is 0 Å². The zero-order chi connectivity index (χ0) is 14.3. The van der Waals surface area contributed by atoms with E-state index in [4.69, 9.17) is 0 Å². The molecule has 0 aliphatic carbocycles. The van der Waals surface area contributed by atoms with E-state index in [9.17, 15) is 0 Å². The van der Waals surface area contributed by atoms with Crippen molar-refractivity contribution in [3.8, 4) is 11.1 Å². The van der Waals surface area contributed by atoms with Gasteiger partial charge in [0.2, 0.25) is 0 Å². The molecule has 5 heteroatoms. The maximum Gasteiger partial charge on any atom is 0.0692 e. The molecule has 1 aromatic carbocycles. The van der Waals surface area contributed by atoms with Gasteiger partial charge in [0.25, 0.3) is 0 Å². The second-order valence-corrected chi connectivity index (χ2v) is 5.86. The molecule has 2 heterocycles. The molecule has 1 N–H and O–H groups in total. The monoisotopic (exact) mass is 298 g/mol. The van der Waals surface area contributed by atoms with Crippen LogP contribution in [0.1, 0.15) is 11.3 Å². The Hall–Kier alpha value is -1.98. The molecule has 0 aliphatic rings. The van der Waals surface area contributed by atoms with Crippen LogP contribution in [0.5, 0.6) is 0 Å². The van der Waals surface area contributed by atoms with Gasteiger partial charge in [-0.1, -0.05) is 35.5 Å². The number of hydrogen-bond donors (Lipinski definition) is 1. The van der Waals surface area contributed by atoms with Crippen molar-refractivity contribution in [2.75, 3.05) is 6.54 Å². The van der Waals surface area contributed by atoms with Crippen LogP contribution < -0.4 is 5.32 Å². The number of hydrogen-bond acceptors (Lipinski definition) is 4. The van der Waals surface area contributed by atoms with Gasteiger partial charge in [0, 0.05) is 24.2 Å². The van der Waals surface area contributed by atoms with Crippen molar-refractivity contribution in [2.24, 2.45) is 0 Å². The van der Waals surface area contributed by atoms with Crippen molar-refractivity contribution in [3.63, 3.8) is 0 Å². The van der Waals surface area contributed by atoms with E-state index in [1.807, 2.05) is 28.3 Å². The summed E-state index contributed by atoms with van der Waals surface area (Å²) in [5.74, 6) is 0. The van der Waals surface area contributed by atoms with Crippen molar-refractivity contribution < 1.29 is 0 Å². The van der Waals surface area contributed by atoms with E-state index in [0.717, 1.165) is 26.1 Å². The van der Waals surface area contributed by atoms with Crippen LogP contribution in [-0.4, -0.2) is 21.5 Å². The van der Waals surface area contributed by atoms with Crippen LogP contribution in [0.4, 0.5) is 0 Å². The molecule has 0 saturated carbocycles. The predicted octanol–water partition coefficient (Wildman–Crippen LogP) is 3.19. The third-order valence-corrected chi connectivity index (χ3v) is 4.21. The van der Waals surface area contributed by atoms with Crippen LogP contribution in [0.15, 0.2) is 54.2 Å². The van der Waals surface area contributed by atoms with Crippen LogP contribution in [0.2, 0.25) is 0 Å². The number of aromatic nitrogens is 3. The van der Waals surface area contributed by atoms with Gasteiger partial charge in [-0.15, -0.1) is 16.4 Å². The molecule has 0 amide bonds. The van der Waals surface area contributed by atoms with Crippen LogP contribution in [0.3, 0.4) is 0 Å². The number of aryl methyl sites for hydroxylation is 1. The molecule has 0 spiro atoms. The standard InChI is InChI=1S/C16H18N4S/c1-2-5-14(6-3-1)15-11-16(21-13-15)12-17-7-4-9-20-10-8-18-19-20/h1-3,5-6,8,10-11,13,17H,4,7,9,12H2. The Bertz CT molecular complexity index is 646. The average molecular weight is 298 g/mol. The summed E-state index contributed by atoms with van der Waals surface area (Å²) in [6.07, 6.45) is 4.66. The summed E-state index contributed by atoms with van der Waals surface area (Å²) in [6, 6.07) is 12.8. The van der Waals surface area contributed by atoms with Crippen LogP contribution in [0.25, 0.3) is 11.1 Å². The Morgan fingerprint density at radius 1 is 1.14 bits per heavy atom. The van der Waals surface area contributed by atoms with Crippen LogP contribution >= 0.6 is 11.3 Å². The van der Waals surface area contributed by atoms with E-state index in [0.29, 0.717) is 0 Å². The fourth-order valence-corrected chi connectivity index (χ4v) is 3.05. The summed E-state index contributed by atoms with van der Waals surface area (Å²) in [6.45, 7) is 2.82. The van der Waals surface area contributed by atoms with Gasteiger partial charge in [0.15, 0.2) is 0 Å². The molecule has 2 aromatic heterocycles. The first-order valence-corrected chi connectivity index (χ1v) is 7.97. The first-order chi connectivity index (χ1) is 10.4. The van der Waals surface area contributed by atoms with Crippen molar-refractivity contribution in [2.45, 2.75) is 19.5 Å². The minimum absolute atomic E-state index is 0.909. The highest BCUT2D eigenvalue weighted by Gasteiger charge is 2.01. The van der Waals surface area contributed by atoms with Gasteiger partial charge in [-0.25, -0.2) is 0 Å². The van der Waals surface area contributed by atoms with Gasteiger partial charge < -0.3 is 5.32 Å². The smallest absolute Gasteiger partial charge is 0.0692 e. The summed E-state index contributed by atoms with van der Waals surface area (Å²) in [4.78, 5) is 1.37.